The summed E-state index contributed by atoms with van der Waals surface area (Å²) in [4.78, 5) is 16.7. The lowest BCUT2D eigenvalue weighted by molar-refractivity contribution is 0.0952. The van der Waals surface area contributed by atoms with E-state index in [2.05, 4.69) is 17.2 Å². The highest BCUT2D eigenvalue weighted by molar-refractivity contribution is 5.98. The van der Waals surface area contributed by atoms with Gasteiger partial charge in [0.1, 0.15) is 5.75 Å². The molecule has 1 N–H and O–H groups in total. The lowest BCUT2D eigenvalue weighted by Crippen LogP contribution is -2.25. The SMILES string of the molecule is CCCCCNC(=O)c1cc2ccc(OC)cc2nc1C. The lowest BCUT2D eigenvalue weighted by Gasteiger charge is -2.09. The molecule has 2 aromatic rings. The lowest BCUT2D eigenvalue weighted by atomic mass is 10.1. The van der Waals surface area contributed by atoms with Crippen molar-refractivity contribution in [2.75, 3.05) is 13.7 Å². The molecule has 1 amide bonds. The Morgan fingerprint density at radius 3 is 2.81 bits per heavy atom. The van der Waals surface area contributed by atoms with E-state index in [0.29, 0.717) is 12.1 Å². The molecule has 4 heteroatoms. The highest BCUT2D eigenvalue weighted by Gasteiger charge is 2.11. The van der Waals surface area contributed by atoms with Gasteiger partial charge in [0.2, 0.25) is 0 Å². The first-order chi connectivity index (χ1) is 10.2. The Balaban J connectivity index is 2.20. The summed E-state index contributed by atoms with van der Waals surface area (Å²) < 4.78 is 5.20. The molecular weight excluding hydrogens is 264 g/mol. The van der Waals surface area contributed by atoms with Gasteiger partial charge in [0.15, 0.2) is 0 Å². The van der Waals surface area contributed by atoms with Crippen LogP contribution in [0.3, 0.4) is 0 Å². The van der Waals surface area contributed by atoms with Gasteiger partial charge >= 0.3 is 0 Å². The van der Waals surface area contributed by atoms with Crippen molar-refractivity contribution in [1.29, 1.82) is 0 Å². The van der Waals surface area contributed by atoms with Crippen LogP contribution >= 0.6 is 0 Å². The number of carbonyl (C=O) groups excluding carboxylic acids is 1. The minimum absolute atomic E-state index is 0.0474. The quantitative estimate of drug-likeness (QED) is 0.827. The monoisotopic (exact) mass is 286 g/mol. The van der Waals surface area contributed by atoms with E-state index in [0.717, 1.165) is 41.6 Å². The van der Waals surface area contributed by atoms with Crippen LogP contribution in [0.4, 0.5) is 0 Å². The summed E-state index contributed by atoms with van der Waals surface area (Å²) in [6.07, 6.45) is 3.29. The van der Waals surface area contributed by atoms with Gasteiger partial charge in [0.05, 0.1) is 23.9 Å². The number of fused-ring (bicyclic) bond motifs is 1. The molecule has 21 heavy (non-hydrogen) atoms. The van der Waals surface area contributed by atoms with Crippen molar-refractivity contribution in [3.8, 4) is 5.75 Å². The minimum atomic E-state index is -0.0474. The van der Waals surface area contributed by atoms with Crippen molar-refractivity contribution < 1.29 is 9.53 Å². The van der Waals surface area contributed by atoms with Crippen LogP contribution in [0.1, 0.15) is 42.2 Å². The molecule has 0 aliphatic heterocycles. The van der Waals surface area contributed by atoms with E-state index in [-0.39, 0.29) is 5.91 Å². The third-order valence-electron chi connectivity index (χ3n) is 3.53. The van der Waals surface area contributed by atoms with Crippen molar-refractivity contribution in [3.05, 3.63) is 35.5 Å². The number of unbranched alkanes of at least 4 members (excludes halogenated alkanes) is 2. The predicted molar refractivity (Wildman–Crippen MR) is 84.9 cm³/mol. The van der Waals surface area contributed by atoms with Gasteiger partial charge in [-0.2, -0.15) is 0 Å². The number of ether oxygens (including phenoxy) is 1. The largest absolute Gasteiger partial charge is 0.497 e. The number of carbonyl (C=O) groups is 1. The fraction of sp³-hybridized carbons (Fsp3) is 0.412. The number of nitrogens with one attached hydrogen (secondary N) is 1. The highest BCUT2D eigenvalue weighted by Crippen LogP contribution is 2.21. The first kappa shape index (κ1) is 15.3. The molecule has 0 saturated heterocycles. The number of amides is 1. The summed E-state index contributed by atoms with van der Waals surface area (Å²) in [5, 5.41) is 3.90. The van der Waals surface area contributed by atoms with Gasteiger partial charge in [-0.25, -0.2) is 0 Å². The molecule has 0 saturated carbocycles. The fourth-order valence-electron chi connectivity index (χ4n) is 2.27. The predicted octanol–water partition coefficient (Wildman–Crippen LogP) is 3.47. The molecule has 112 valence electrons. The second-order valence-electron chi connectivity index (χ2n) is 5.14. The summed E-state index contributed by atoms with van der Waals surface area (Å²) in [5.41, 5.74) is 2.22. The Hall–Kier alpha value is -2.10. The zero-order chi connectivity index (χ0) is 15.2. The van der Waals surface area contributed by atoms with Crippen LogP contribution in [0.25, 0.3) is 10.9 Å². The van der Waals surface area contributed by atoms with Gasteiger partial charge in [0, 0.05) is 18.0 Å². The zero-order valence-corrected chi connectivity index (χ0v) is 12.9. The first-order valence-corrected chi connectivity index (χ1v) is 7.39. The smallest absolute Gasteiger partial charge is 0.253 e. The van der Waals surface area contributed by atoms with E-state index in [4.69, 9.17) is 4.74 Å². The molecule has 1 aromatic heterocycles. The standard InChI is InChI=1S/C17H22N2O2/c1-4-5-6-9-18-17(20)15-10-13-7-8-14(21-3)11-16(13)19-12(15)2/h7-8,10-11H,4-6,9H2,1-3H3,(H,18,20). The number of rotatable bonds is 6. The maximum absolute atomic E-state index is 12.2. The van der Waals surface area contributed by atoms with Crippen LogP contribution in [-0.2, 0) is 0 Å². The second-order valence-corrected chi connectivity index (χ2v) is 5.14. The number of hydrogen-bond acceptors (Lipinski definition) is 3. The van der Waals surface area contributed by atoms with Crippen molar-refractivity contribution in [2.45, 2.75) is 33.1 Å². The van der Waals surface area contributed by atoms with Crippen LogP contribution in [0.15, 0.2) is 24.3 Å². The molecule has 0 radical (unpaired) electrons. The van der Waals surface area contributed by atoms with Crippen LogP contribution < -0.4 is 10.1 Å². The topological polar surface area (TPSA) is 51.2 Å². The Kier molecular flexibility index (Phi) is 5.14. The molecule has 0 bridgehead atoms. The van der Waals surface area contributed by atoms with Gasteiger partial charge < -0.3 is 10.1 Å². The van der Waals surface area contributed by atoms with Crippen molar-refractivity contribution in [3.63, 3.8) is 0 Å². The van der Waals surface area contributed by atoms with E-state index < -0.39 is 0 Å². The van der Waals surface area contributed by atoms with Crippen molar-refractivity contribution >= 4 is 16.8 Å². The van der Waals surface area contributed by atoms with Crippen molar-refractivity contribution in [1.82, 2.24) is 10.3 Å². The summed E-state index contributed by atoms with van der Waals surface area (Å²) in [5.74, 6) is 0.722. The molecule has 0 fully saturated rings. The van der Waals surface area contributed by atoms with Crippen LogP contribution in [0.2, 0.25) is 0 Å². The summed E-state index contributed by atoms with van der Waals surface area (Å²) in [6, 6.07) is 7.58. The Bertz CT molecular complexity index is 638. The van der Waals surface area contributed by atoms with E-state index in [9.17, 15) is 4.79 Å². The normalized spacial score (nSPS) is 10.6. The average molecular weight is 286 g/mol. The summed E-state index contributed by atoms with van der Waals surface area (Å²) >= 11 is 0. The number of benzene rings is 1. The molecular formula is C17H22N2O2. The maximum atomic E-state index is 12.2. The average Bonchev–Trinajstić information content (AvgIpc) is 2.50. The molecule has 2 rings (SSSR count). The van der Waals surface area contributed by atoms with Gasteiger partial charge in [-0.1, -0.05) is 19.8 Å². The van der Waals surface area contributed by atoms with Gasteiger partial charge in [-0.05, 0) is 31.5 Å². The first-order valence-electron chi connectivity index (χ1n) is 7.39. The molecule has 0 aliphatic rings. The van der Waals surface area contributed by atoms with Crippen molar-refractivity contribution in [2.24, 2.45) is 0 Å². The molecule has 4 nitrogen and oxygen atoms in total. The van der Waals surface area contributed by atoms with Gasteiger partial charge in [-0.3, -0.25) is 9.78 Å². The van der Waals surface area contributed by atoms with Gasteiger partial charge in [0.25, 0.3) is 5.91 Å². The van der Waals surface area contributed by atoms with E-state index >= 15 is 0 Å². The summed E-state index contributed by atoms with van der Waals surface area (Å²) in [6.45, 7) is 4.72. The summed E-state index contributed by atoms with van der Waals surface area (Å²) in [7, 11) is 1.63. The number of methoxy groups -OCH3 is 1. The number of nitrogens with zero attached hydrogens (tertiary/aromatic N) is 1. The van der Waals surface area contributed by atoms with E-state index in [1.54, 1.807) is 7.11 Å². The number of pyridine rings is 1. The minimum Gasteiger partial charge on any atom is -0.497 e. The molecule has 1 aromatic carbocycles. The highest BCUT2D eigenvalue weighted by atomic mass is 16.5. The van der Waals surface area contributed by atoms with E-state index in [1.807, 2.05) is 31.2 Å². The molecule has 0 aliphatic carbocycles. The molecule has 0 unspecified atom stereocenters. The Labute approximate surface area is 125 Å². The van der Waals surface area contributed by atoms with Crippen LogP contribution in [0, 0.1) is 6.92 Å². The van der Waals surface area contributed by atoms with Crippen LogP contribution in [0.5, 0.6) is 5.75 Å². The zero-order valence-electron chi connectivity index (χ0n) is 12.9. The third-order valence-corrected chi connectivity index (χ3v) is 3.53. The Morgan fingerprint density at radius 2 is 2.10 bits per heavy atom. The second kappa shape index (κ2) is 7.07. The Morgan fingerprint density at radius 1 is 1.29 bits per heavy atom. The number of aryl methyl sites for hydroxylation is 1. The maximum Gasteiger partial charge on any atom is 0.253 e. The third kappa shape index (κ3) is 3.72. The molecule has 0 spiro atoms. The van der Waals surface area contributed by atoms with Crippen LogP contribution in [-0.4, -0.2) is 24.5 Å². The van der Waals surface area contributed by atoms with Gasteiger partial charge in [-0.15, -0.1) is 0 Å². The molecule has 1 heterocycles. The van der Waals surface area contributed by atoms with E-state index in [1.165, 1.54) is 0 Å². The molecule has 0 atom stereocenters. The number of hydrogen-bond donors (Lipinski definition) is 1. The fourth-order valence-corrected chi connectivity index (χ4v) is 2.27. The number of aromatic nitrogens is 1.